The van der Waals surface area contributed by atoms with E-state index in [2.05, 4.69) is 5.32 Å². The van der Waals surface area contributed by atoms with Crippen LogP contribution in [0.25, 0.3) is 0 Å². The molecule has 0 heterocycles. The standard InChI is InChI=1S/C11H14N4O6S/c1-7-4-5-8(6-9(7)15(18)19)12-10(16)13-11(17)14(2)22(3,20)21/h4-6H,1-3H3,(H2,12,13,16,17). The number of nitro benzene ring substituents is 1. The lowest BCUT2D eigenvalue weighted by Crippen LogP contribution is -2.44. The molecule has 0 fully saturated rings. The summed E-state index contributed by atoms with van der Waals surface area (Å²) in [6, 6.07) is 1.80. The van der Waals surface area contributed by atoms with Crippen LogP contribution < -0.4 is 10.6 Å². The number of rotatable bonds is 3. The number of nitrogens with one attached hydrogen (secondary N) is 2. The fourth-order valence-electron chi connectivity index (χ4n) is 1.37. The van der Waals surface area contributed by atoms with E-state index in [-0.39, 0.29) is 11.4 Å². The third-order valence-electron chi connectivity index (χ3n) is 2.67. The van der Waals surface area contributed by atoms with Crippen LogP contribution in [0.1, 0.15) is 5.56 Å². The highest BCUT2D eigenvalue weighted by Gasteiger charge is 2.20. The molecule has 0 unspecified atom stereocenters. The fourth-order valence-corrected chi connectivity index (χ4v) is 1.72. The van der Waals surface area contributed by atoms with Crippen molar-refractivity contribution in [2.75, 3.05) is 18.6 Å². The Bertz CT molecular complexity index is 730. The smallest absolute Gasteiger partial charge is 0.307 e. The molecule has 22 heavy (non-hydrogen) atoms. The molecule has 0 bridgehead atoms. The number of imide groups is 1. The van der Waals surface area contributed by atoms with Crippen LogP contribution in [0.5, 0.6) is 0 Å². The molecule has 2 N–H and O–H groups in total. The zero-order valence-electron chi connectivity index (χ0n) is 12.0. The first-order chi connectivity index (χ1) is 10.0. The Morgan fingerprint density at radius 2 is 1.91 bits per heavy atom. The first kappa shape index (κ1) is 17.4. The van der Waals surface area contributed by atoms with E-state index in [1.807, 2.05) is 0 Å². The van der Waals surface area contributed by atoms with Gasteiger partial charge in [-0.15, -0.1) is 0 Å². The normalized spacial score (nSPS) is 10.7. The molecule has 0 spiro atoms. The topological polar surface area (TPSA) is 139 Å². The van der Waals surface area contributed by atoms with Crippen molar-refractivity contribution in [3.8, 4) is 0 Å². The number of carbonyl (C=O) groups is 2. The first-order valence-corrected chi connectivity index (χ1v) is 7.68. The molecular weight excluding hydrogens is 316 g/mol. The molecule has 0 saturated carbocycles. The van der Waals surface area contributed by atoms with Crippen LogP contribution >= 0.6 is 0 Å². The number of nitrogens with zero attached hydrogens (tertiary/aromatic N) is 2. The maximum Gasteiger partial charge on any atom is 0.338 e. The second-order valence-electron chi connectivity index (χ2n) is 4.37. The molecule has 0 saturated heterocycles. The molecular formula is C11H14N4O6S. The van der Waals surface area contributed by atoms with Gasteiger partial charge in [0.2, 0.25) is 10.0 Å². The van der Waals surface area contributed by atoms with Gasteiger partial charge in [-0.25, -0.2) is 22.3 Å². The first-order valence-electron chi connectivity index (χ1n) is 5.83. The number of benzene rings is 1. The van der Waals surface area contributed by atoms with Gasteiger partial charge in [-0.3, -0.25) is 15.4 Å². The molecule has 11 heteroatoms. The molecule has 0 radical (unpaired) electrons. The van der Waals surface area contributed by atoms with Gasteiger partial charge in [0.05, 0.1) is 11.2 Å². The number of nitro groups is 1. The quantitative estimate of drug-likeness (QED) is 0.627. The van der Waals surface area contributed by atoms with Crippen molar-refractivity contribution in [1.29, 1.82) is 0 Å². The Morgan fingerprint density at radius 1 is 1.32 bits per heavy atom. The number of anilines is 1. The van der Waals surface area contributed by atoms with Gasteiger partial charge in [0, 0.05) is 24.4 Å². The van der Waals surface area contributed by atoms with Crippen LogP contribution in [0.4, 0.5) is 21.0 Å². The lowest BCUT2D eigenvalue weighted by Gasteiger charge is -2.15. The minimum absolute atomic E-state index is 0.0876. The molecule has 1 rings (SSSR count). The third-order valence-corrected chi connectivity index (χ3v) is 3.83. The van der Waals surface area contributed by atoms with Crippen LogP contribution in [0.2, 0.25) is 0 Å². The van der Waals surface area contributed by atoms with E-state index in [9.17, 15) is 28.1 Å². The summed E-state index contributed by atoms with van der Waals surface area (Å²) >= 11 is 0. The van der Waals surface area contributed by atoms with Crippen LogP contribution in [-0.2, 0) is 10.0 Å². The van der Waals surface area contributed by atoms with Gasteiger partial charge in [0.1, 0.15) is 0 Å². The van der Waals surface area contributed by atoms with Gasteiger partial charge in [-0.1, -0.05) is 6.07 Å². The lowest BCUT2D eigenvalue weighted by molar-refractivity contribution is -0.385. The van der Waals surface area contributed by atoms with Gasteiger partial charge in [0.15, 0.2) is 0 Å². The molecule has 1 aromatic rings. The zero-order chi connectivity index (χ0) is 17.1. The second-order valence-corrected chi connectivity index (χ2v) is 6.39. The fraction of sp³-hybridized carbons (Fsp3) is 0.273. The van der Waals surface area contributed by atoms with E-state index < -0.39 is 27.0 Å². The van der Waals surface area contributed by atoms with Crippen LogP contribution in [0.15, 0.2) is 18.2 Å². The van der Waals surface area contributed by atoms with Crippen LogP contribution in [0, 0.1) is 17.0 Å². The van der Waals surface area contributed by atoms with E-state index >= 15 is 0 Å². The summed E-state index contributed by atoms with van der Waals surface area (Å²) < 4.78 is 22.6. The molecule has 10 nitrogen and oxygen atoms in total. The highest BCUT2D eigenvalue weighted by Crippen LogP contribution is 2.22. The maximum absolute atomic E-state index is 11.6. The van der Waals surface area contributed by atoms with Crippen LogP contribution in [0.3, 0.4) is 0 Å². The Balaban J connectivity index is 2.80. The van der Waals surface area contributed by atoms with Gasteiger partial charge in [0.25, 0.3) is 5.69 Å². The lowest BCUT2D eigenvalue weighted by atomic mass is 10.2. The van der Waals surface area contributed by atoms with E-state index in [1.165, 1.54) is 19.1 Å². The third kappa shape index (κ3) is 4.41. The number of aryl methyl sites for hydroxylation is 1. The van der Waals surface area contributed by atoms with E-state index in [0.29, 0.717) is 9.87 Å². The molecule has 1 aromatic carbocycles. The Morgan fingerprint density at radius 3 is 2.41 bits per heavy atom. The SMILES string of the molecule is Cc1ccc(NC(=O)NC(=O)N(C)S(C)(=O)=O)cc1[N+](=O)[O-]. The summed E-state index contributed by atoms with van der Waals surface area (Å²) in [7, 11) is -2.81. The molecule has 0 aliphatic heterocycles. The monoisotopic (exact) mass is 330 g/mol. The molecule has 120 valence electrons. The van der Waals surface area contributed by atoms with E-state index in [4.69, 9.17) is 0 Å². The van der Waals surface area contributed by atoms with Gasteiger partial charge in [-0.05, 0) is 13.0 Å². The highest BCUT2D eigenvalue weighted by molar-refractivity contribution is 7.88. The number of urea groups is 2. The van der Waals surface area contributed by atoms with Gasteiger partial charge >= 0.3 is 12.1 Å². The van der Waals surface area contributed by atoms with Gasteiger partial charge in [-0.2, -0.15) is 0 Å². The Hall–Kier alpha value is -2.69. The predicted molar refractivity (Wildman–Crippen MR) is 78.0 cm³/mol. The average Bonchev–Trinajstić information content (AvgIpc) is 2.38. The van der Waals surface area contributed by atoms with Crippen molar-refractivity contribution >= 4 is 33.5 Å². The summed E-state index contributed by atoms with van der Waals surface area (Å²) in [6.07, 6.45) is 0.799. The largest absolute Gasteiger partial charge is 0.338 e. The number of hydrogen-bond donors (Lipinski definition) is 2. The van der Waals surface area contributed by atoms with E-state index in [0.717, 1.165) is 19.4 Å². The molecule has 0 atom stereocenters. The summed E-state index contributed by atoms with van der Waals surface area (Å²) in [6.45, 7) is 1.53. The second kappa shape index (κ2) is 6.39. The van der Waals surface area contributed by atoms with Crippen molar-refractivity contribution in [3.05, 3.63) is 33.9 Å². The van der Waals surface area contributed by atoms with E-state index in [1.54, 1.807) is 5.32 Å². The minimum Gasteiger partial charge on any atom is -0.307 e. The number of carbonyl (C=O) groups excluding carboxylic acids is 2. The highest BCUT2D eigenvalue weighted by atomic mass is 32.2. The molecule has 0 aliphatic rings. The predicted octanol–water partition coefficient (Wildman–Crippen LogP) is 1.04. The Labute approximate surface area is 126 Å². The summed E-state index contributed by atoms with van der Waals surface area (Å²) in [4.78, 5) is 33.2. The average molecular weight is 330 g/mol. The van der Waals surface area contributed by atoms with Crippen molar-refractivity contribution in [3.63, 3.8) is 0 Å². The molecule has 0 aromatic heterocycles. The molecule has 0 aliphatic carbocycles. The maximum atomic E-state index is 11.6. The van der Waals surface area contributed by atoms with Crippen molar-refractivity contribution in [2.45, 2.75) is 6.92 Å². The van der Waals surface area contributed by atoms with Crippen molar-refractivity contribution in [1.82, 2.24) is 9.62 Å². The molecule has 4 amide bonds. The number of amides is 4. The summed E-state index contributed by atoms with van der Waals surface area (Å²) in [5.41, 5.74) is 0.297. The zero-order valence-corrected chi connectivity index (χ0v) is 12.8. The number of sulfonamides is 1. The Kier molecular flexibility index (Phi) is 5.04. The number of hydrogen-bond acceptors (Lipinski definition) is 6. The summed E-state index contributed by atoms with van der Waals surface area (Å²) in [5, 5.41) is 14.8. The minimum atomic E-state index is -3.79. The summed E-state index contributed by atoms with van der Waals surface area (Å²) in [5.74, 6) is 0. The van der Waals surface area contributed by atoms with Crippen LogP contribution in [-0.4, -0.2) is 43.0 Å². The van der Waals surface area contributed by atoms with Crippen molar-refractivity contribution < 1.29 is 22.9 Å². The van der Waals surface area contributed by atoms with Gasteiger partial charge < -0.3 is 5.32 Å². The van der Waals surface area contributed by atoms with Crippen molar-refractivity contribution in [2.24, 2.45) is 0 Å².